The number of hydrogen-bond donors (Lipinski definition) is 1. The minimum Gasteiger partial charge on any atom is -0.311 e. The normalized spacial score (nSPS) is 31.2. The zero-order valence-electron chi connectivity index (χ0n) is 22.8. The summed E-state index contributed by atoms with van der Waals surface area (Å²) in [6, 6.07) is 1.26. The van der Waals surface area contributed by atoms with Crippen LogP contribution >= 0.6 is 0 Å². The molecular weight excluding hydrogens is 362 g/mol. The summed E-state index contributed by atoms with van der Waals surface area (Å²) < 4.78 is 0. The van der Waals surface area contributed by atoms with Gasteiger partial charge in [0.2, 0.25) is 0 Å². The van der Waals surface area contributed by atoms with Crippen LogP contribution in [0.25, 0.3) is 0 Å². The van der Waals surface area contributed by atoms with Gasteiger partial charge in [0.25, 0.3) is 0 Å². The smallest absolute Gasteiger partial charge is 0.00951 e. The maximum absolute atomic E-state index is 4.12. The van der Waals surface area contributed by atoms with Crippen molar-refractivity contribution in [1.29, 1.82) is 0 Å². The van der Waals surface area contributed by atoms with Crippen LogP contribution in [-0.2, 0) is 0 Å². The Labute approximate surface area is 192 Å². The summed E-state index contributed by atoms with van der Waals surface area (Å²) in [6.45, 7) is 27.0. The summed E-state index contributed by atoms with van der Waals surface area (Å²) in [5.41, 5.74) is 0. The quantitative estimate of drug-likeness (QED) is 0.313. The molecule has 0 aromatic carbocycles. The minimum atomic E-state index is 0.607. The second-order valence-electron chi connectivity index (χ2n) is 12.0. The first-order valence-electron chi connectivity index (χ1n) is 13.8. The molecule has 30 heavy (non-hydrogen) atoms. The maximum atomic E-state index is 4.12. The van der Waals surface area contributed by atoms with Gasteiger partial charge >= 0.3 is 0 Å². The molecular formula is C29H59N. The lowest BCUT2D eigenvalue weighted by Crippen LogP contribution is -2.48. The van der Waals surface area contributed by atoms with Gasteiger partial charge in [0, 0.05) is 12.1 Å². The van der Waals surface area contributed by atoms with Gasteiger partial charge in [-0.25, -0.2) is 0 Å². The third-order valence-corrected chi connectivity index (χ3v) is 9.46. The third-order valence-electron chi connectivity index (χ3n) is 9.46. The van der Waals surface area contributed by atoms with Crippen LogP contribution in [0.3, 0.4) is 0 Å². The highest BCUT2D eigenvalue weighted by Gasteiger charge is 2.40. The highest BCUT2D eigenvalue weighted by Crippen LogP contribution is 2.47. The fourth-order valence-corrected chi connectivity index (χ4v) is 6.73. The van der Waals surface area contributed by atoms with E-state index in [2.05, 4.69) is 81.5 Å². The molecule has 1 aliphatic rings. The van der Waals surface area contributed by atoms with Crippen molar-refractivity contribution in [3.05, 3.63) is 0 Å². The van der Waals surface area contributed by atoms with Crippen LogP contribution in [0.1, 0.15) is 121 Å². The van der Waals surface area contributed by atoms with Crippen molar-refractivity contribution in [1.82, 2.24) is 5.32 Å². The van der Waals surface area contributed by atoms with E-state index < -0.39 is 0 Å². The molecule has 1 N–H and O–H groups in total. The highest BCUT2D eigenvalue weighted by molar-refractivity contribution is 4.92. The Hall–Kier alpha value is -0.0400. The lowest BCUT2D eigenvalue weighted by atomic mass is 9.60. The molecule has 0 amide bonds. The van der Waals surface area contributed by atoms with Crippen LogP contribution in [-0.4, -0.2) is 12.1 Å². The monoisotopic (exact) mass is 421 g/mol. The SMILES string of the molecule is CCCC1CC(C(C)CC(C)C)CC(C(C)C(C)NC(CC)C(C)C(C)CC)C1C. The van der Waals surface area contributed by atoms with Crippen molar-refractivity contribution in [3.63, 3.8) is 0 Å². The van der Waals surface area contributed by atoms with E-state index in [4.69, 9.17) is 0 Å². The Morgan fingerprint density at radius 2 is 1.50 bits per heavy atom. The fourth-order valence-electron chi connectivity index (χ4n) is 6.73. The minimum absolute atomic E-state index is 0.607. The Balaban J connectivity index is 2.91. The molecule has 0 aromatic rings. The molecule has 0 spiro atoms. The molecule has 1 nitrogen and oxygen atoms in total. The Morgan fingerprint density at radius 1 is 0.867 bits per heavy atom. The van der Waals surface area contributed by atoms with Crippen LogP contribution in [0, 0.1) is 53.3 Å². The molecule has 0 radical (unpaired) electrons. The number of hydrogen-bond acceptors (Lipinski definition) is 1. The summed E-state index contributed by atoms with van der Waals surface area (Å²) in [5, 5.41) is 4.12. The molecule has 0 bridgehead atoms. The van der Waals surface area contributed by atoms with Gasteiger partial charge in [-0.15, -0.1) is 0 Å². The van der Waals surface area contributed by atoms with Crippen LogP contribution in [0.4, 0.5) is 0 Å². The summed E-state index contributed by atoms with van der Waals surface area (Å²) in [5.74, 6) is 7.62. The standard InChI is InChI=1S/C29H59N/c1-12-15-26-17-27(21(7)16-19(4)5)18-28(24(26)10)23(9)25(11)30-29(14-3)22(8)20(6)13-2/h19-30H,12-18H2,1-11H3. The summed E-state index contributed by atoms with van der Waals surface area (Å²) >= 11 is 0. The van der Waals surface area contributed by atoms with Gasteiger partial charge < -0.3 is 5.32 Å². The Morgan fingerprint density at radius 3 is 2.00 bits per heavy atom. The van der Waals surface area contributed by atoms with Gasteiger partial charge in [0.05, 0.1) is 0 Å². The Kier molecular flexibility index (Phi) is 12.6. The van der Waals surface area contributed by atoms with E-state index in [0.717, 1.165) is 53.3 Å². The zero-order chi connectivity index (χ0) is 23.0. The van der Waals surface area contributed by atoms with Crippen molar-refractivity contribution >= 4 is 0 Å². The van der Waals surface area contributed by atoms with Gasteiger partial charge in [-0.05, 0) is 85.9 Å². The van der Waals surface area contributed by atoms with Crippen LogP contribution in [0.15, 0.2) is 0 Å². The molecule has 10 unspecified atom stereocenters. The van der Waals surface area contributed by atoms with Gasteiger partial charge in [0.1, 0.15) is 0 Å². The van der Waals surface area contributed by atoms with Crippen molar-refractivity contribution in [3.8, 4) is 0 Å². The second-order valence-corrected chi connectivity index (χ2v) is 12.0. The first-order valence-corrected chi connectivity index (χ1v) is 13.8. The third kappa shape index (κ3) is 7.83. The largest absolute Gasteiger partial charge is 0.311 e. The fraction of sp³-hybridized carbons (Fsp3) is 1.00. The van der Waals surface area contributed by atoms with E-state index in [0.29, 0.717) is 12.1 Å². The number of rotatable bonds is 13. The van der Waals surface area contributed by atoms with Crippen molar-refractivity contribution in [2.24, 2.45) is 53.3 Å². The van der Waals surface area contributed by atoms with E-state index in [9.17, 15) is 0 Å². The maximum Gasteiger partial charge on any atom is 0.00951 e. The Bertz CT molecular complexity index is 444. The lowest BCUT2D eigenvalue weighted by Gasteiger charge is -2.47. The van der Waals surface area contributed by atoms with Gasteiger partial charge in [-0.1, -0.05) is 88.5 Å². The molecule has 0 aliphatic heterocycles. The zero-order valence-corrected chi connectivity index (χ0v) is 22.8. The van der Waals surface area contributed by atoms with E-state index in [1.807, 2.05) is 0 Å². The average molecular weight is 422 g/mol. The van der Waals surface area contributed by atoms with E-state index in [1.165, 1.54) is 44.9 Å². The van der Waals surface area contributed by atoms with Crippen molar-refractivity contribution < 1.29 is 0 Å². The van der Waals surface area contributed by atoms with E-state index >= 15 is 0 Å². The lowest BCUT2D eigenvalue weighted by molar-refractivity contribution is 0.0355. The molecule has 180 valence electrons. The average Bonchev–Trinajstić information content (AvgIpc) is 2.71. The first kappa shape index (κ1) is 28.0. The molecule has 1 saturated carbocycles. The summed E-state index contributed by atoms with van der Waals surface area (Å²) in [7, 11) is 0. The van der Waals surface area contributed by atoms with Gasteiger partial charge in [-0.2, -0.15) is 0 Å². The predicted octanol–water partition coefficient (Wildman–Crippen LogP) is 8.82. The molecule has 1 heteroatoms. The van der Waals surface area contributed by atoms with Gasteiger partial charge in [0.15, 0.2) is 0 Å². The van der Waals surface area contributed by atoms with Gasteiger partial charge in [-0.3, -0.25) is 0 Å². The number of nitrogens with one attached hydrogen (secondary N) is 1. The molecule has 0 saturated heterocycles. The van der Waals surface area contributed by atoms with Crippen molar-refractivity contribution in [2.75, 3.05) is 0 Å². The van der Waals surface area contributed by atoms with E-state index in [1.54, 1.807) is 0 Å². The molecule has 1 fully saturated rings. The highest BCUT2D eigenvalue weighted by atomic mass is 15.0. The molecule has 1 aliphatic carbocycles. The van der Waals surface area contributed by atoms with Crippen molar-refractivity contribution in [2.45, 2.75) is 133 Å². The summed E-state index contributed by atoms with van der Waals surface area (Å²) in [6.07, 6.45) is 9.65. The van der Waals surface area contributed by atoms with Crippen LogP contribution in [0.5, 0.6) is 0 Å². The topological polar surface area (TPSA) is 12.0 Å². The first-order chi connectivity index (χ1) is 14.1. The predicted molar refractivity (Wildman–Crippen MR) is 137 cm³/mol. The molecule has 10 atom stereocenters. The molecule has 0 aromatic heterocycles. The van der Waals surface area contributed by atoms with Crippen LogP contribution in [0.2, 0.25) is 0 Å². The van der Waals surface area contributed by atoms with Crippen LogP contribution < -0.4 is 5.32 Å². The second kappa shape index (κ2) is 13.5. The molecule has 1 rings (SSSR count). The van der Waals surface area contributed by atoms with E-state index in [-0.39, 0.29) is 0 Å². The summed E-state index contributed by atoms with van der Waals surface area (Å²) in [4.78, 5) is 0. The molecule has 0 heterocycles.